The van der Waals surface area contributed by atoms with Gasteiger partial charge in [-0.2, -0.15) is 0 Å². The third kappa shape index (κ3) is 6.37. The standard InChI is InChI=1S/C28H32N.C13H12N.Ir/c1-18-9-11-21-22-16-19(25-17-20(13-14-29-25)26(2,3)4)10-12-23(22)27(5,6)28(7,8)24(21)15-18;1-10-8-13(14-9-11(10)2)12-6-4-3-5-7-12;/h9,11-17H,1-8H3;3-6,8-9H,1-2H3;/q2*-1;. The molecule has 2 aromatic heterocycles. The van der Waals surface area contributed by atoms with E-state index in [-0.39, 0.29) is 36.4 Å². The van der Waals surface area contributed by atoms with Crippen LogP contribution >= 0.6 is 0 Å². The summed E-state index contributed by atoms with van der Waals surface area (Å²) >= 11 is 0. The molecule has 0 atom stereocenters. The van der Waals surface area contributed by atoms with E-state index in [1.807, 2.05) is 36.7 Å². The largest absolute Gasteiger partial charge is 0.305 e. The molecule has 229 valence electrons. The van der Waals surface area contributed by atoms with Gasteiger partial charge in [-0.3, -0.25) is 0 Å². The molecule has 2 nitrogen and oxygen atoms in total. The first kappa shape index (κ1) is 33.5. The monoisotopic (exact) mass is 757 g/mol. The van der Waals surface area contributed by atoms with Crippen LogP contribution in [0.2, 0.25) is 0 Å². The number of pyridine rings is 2. The topological polar surface area (TPSA) is 25.8 Å². The maximum Gasteiger partial charge on any atom is 0.0192 e. The van der Waals surface area contributed by atoms with Crippen LogP contribution in [0.5, 0.6) is 0 Å². The van der Waals surface area contributed by atoms with Crippen molar-refractivity contribution in [2.45, 2.75) is 85.5 Å². The molecule has 0 bridgehead atoms. The summed E-state index contributed by atoms with van der Waals surface area (Å²) in [6, 6.07) is 32.5. The fourth-order valence-corrected chi connectivity index (χ4v) is 5.83. The molecule has 1 aliphatic rings. The molecule has 0 fully saturated rings. The molecule has 5 aromatic rings. The number of benzene rings is 3. The van der Waals surface area contributed by atoms with E-state index in [2.05, 4.69) is 140 Å². The quantitative estimate of drug-likeness (QED) is 0.168. The van der Waals surface area contributed by atoms with Crippen molar-refractivity contribution in [2.24, 2.45) is 0 Å². The molecule has 2 heterocycles. The van der Waals surface area contributed by atoms with E-state index in [4.69, 9.17) is 0 Å². The maximum absolute atomic E-state index is 4.68. The van der Waals surface area contributed by atoms with Crippen molar-refractivity contribution in [3.63, 3.8) is 0 Å². The fraction of sp³-hybridized carbons (Fsp3) is 0.317. The van der Waals surface area contributed by atoms with Gasteiger partial charge in [0.15, 0.2) is 0 Å². The molecule has 44 heavy (non-hydrogen) atoms. The van der Waals surface area contributed by atoms with E-state index in [9.17, 15) is 0 Å². The summed E-state index contributed by atoms with van der Waals surface area (Å²) in [5.41, 5.74) is 14.8. The van der Waals surface area contributed by atoms with E-state index >= 15 is 0 Å². The third-order valence-electron chi connectivity index (χ3n) is 9.58. The molecular formula is C41H44IrN2-2. The smallest absolute Gasteiger partial charge is 0.0192 e. The molecule has 0 N–H and O–H groups in total. The molecule has 0 aliphatic heterocycles. The van der Waals surface area contributed by atoms with E-state index in [1.54, 1.807) is 0 Å². The Balaban J connectivity index is 0.000000248. The van der Waals surface area contributed by atoms with E-state index in [0.717, 1.165) is 22.5 Å². The minimum Gasteiger partial charge on any atom is -0.305 e. The third-order valence-corrected chi connectivity index (χ3v) is 9.58. The molecule has 0 amide bonds. The normalized spacial score (nSPS) is 14.3. The predicted molar refractivity (Wildman–Crippen MR) is 181 cm³/mol. The van der Waals surface area contributed by atoms with Crippen LogP contribution in [0, 0.1) is 32.9 Å². The number of aromatic nitrogens is 2. The Morgan fingerprint density at radius 1 is 0.659 bits per heavy atom. The first-order chi connectivity index (χ1) is 20.2. The van der Waals surface area contributed by atoms with E-state index < -0.39 is 0 Å². The molecule has 0 unspecified atom stereocenters. The number of rotatable bonds is 2. The van der Waals surface area contributed by atoms with Crippen LogP contribution in [0.1, 0.15) is 81.8 Å². The Kier molecular flexibility index (Phi) is 9.55. The van der Waals surface area contributed by atoms with Gasteiger partial charge in [-0.1, -0.05) is 95.5 Å². The van der Waals surface area contributed by atoms with Crippen LogP contribution in [-0.4, -0.2) is 9.97 Å². The van der Waals surface area contributed by atoms with Crippen LogP contribution in [0.3, 0.4) is 0 Å². The van der Waals surface area contributed by atoms with Gasteiger partial charge in [0.2, 0.25) is 0 Å². The Bertz CT molecular complexity index is 1780. The molecule has 6 rings (SSSR count). The van der Waals surface area contributed by atoms with Crippen molar-refractivity contribution in [1.29, 1.82) is 0 Å². The van der Waals surface area contributed by atoms with Crippen molar-refractivity contribution in [3.05, 3.63) is 131 Å². The zero-order chi connectivity index (χ0) is 31.2. The summed E-state index contributed by atoms with van der Waals surface area (Å²) in [5.74, 6) is 0. The molecular weight excluding hydrogens is 713 g/mol. The van der Waals surface area contributed by atoms with Gasteiger partial charge in [0.05, 0.1) is 0 Å². The van der Waals surface area contributed by atoms with Crippen molar-refractivity contribution in [2.75, 3.05) is 0 Å². The average Bonchev–Trinajstić information content (AvgIpc) is 2.98. The van der Waals surface area contributed by atoms with Gasteiger partial charge in [-0.15, -0.1) is 65.2 Å². The first-order valence-electron chi connectivity index (χ1n) is 15.2. The van der Waals surface area contributed by atoms with E-state index in [0.29, 0.717) is 0 Å². The van der Waals surface area contributed by atoms with Crippen LogP contribution in [0.15, 0.2) is 85.2 Å². The fourth-order valence-electron chi connectivity index (χ4n) is 5.83. The molecule has 0 saturated carbocycles. The van der Waals surface area contributed by atoms with Gasteiger partial charge in [0, 0.05) is 32.5 Å². The number of hydrogen-bond acceptors (Lipinski definition) is 2. The first-order valence-corrected chi connectivity index (χ1v) is 15.2. The minimum absolute atomic E-state index is 0. The molecule has 3 aromatic carbocycles. The van der Waals surface area contributed by atoms with Gasteiger partial charge < -0.3 is 9.97 Å². The van der Waals surface area contributed by atoms with Gasteiger partial charge in [0.25, 0.3) is 0 Å². The van der Waals surface area contributed by atoms with Crippen LogP contribution in [0.4, 0.5) is 0 Å². The minimum atomic E-state index is 0. The van der Waals surface area contributed by atoms with Gasteiger partial charge in [0.1, 0.15) is 0 Å². The Hall–Kier alpha value is -3.39. The summed E-state index contributed by atoms with van der Waals surface area (Å²) < 4.78 is 0. The Labute approximate surface area is 278 Å². The van der Waals surface area contributed by atoms with Crippen molar-refractivity contribution in [1.82, 2.24) is 9.97 Å². The second kappa shape index (κ2) is 12.5. The van der Waals surface area contributed by atoms with E-state index in [1.165, 1.54) is 44.5 Å². The molecule has 1 aliphatic carbocycles. The van der Waals surface area contributed by atoms with Crippen molar-refractivity contribution in [3.8, 4) is 33.6 Å². The molecule has 0 saturated heterocycles. The number of nitrogens with zero attached hydrogens (tertiary/aromatic N) is 2. The summed E-state index contributed by atoms with van der Waals surface area (Å²) in [6.07, 6.45) is 3.83. The Morgan fingerprint density at radius 2 is 1.36 bits per heavy atom. The number of aryl methyl sites for hydroxylation is 3. The summed E-state index contributed by atoms with van der Waals surface area (Å²) in [6.45, 7) is 22.6. The SMILES string of the molecule is Cc1ccc2c(c1)C(C)(C)C(C)(C)c1c[c-]c(-c3cc(C(C)(C)C)ccn3)cc1-2.Cc1cnc(-c2[c-]cccc2)cc1C.[Ir]. The number of fused-ring (bicyclic) bond motifs is 3. The second-order valence-corrected chi connectivity index (χ2v) is 14.1. The number of hydrogen-bond donors (Lipinski definition) is 0. The average molecular weight is 757 g/mol. The second-order valence-electron chi connectivity index (χ2n) is 14.1. The zero-order valence-electron chi connectivity index (χ0n) is 27.8. The Morgan fingerprint density at radius 3 is 2.02 bits per heavy atom. The van der Waals surface area contributed by atoms with Crippen LogP contribution in [0.25, 0.3) is 33.6 Å². The maximum atomic E-state index is 4.68. The van der Waals surface area contributed by atoms with Crippen LogP contribution < -0.4 is 0 Å². The van der Waals surface area contributed by atoms with Crippen molar-refractivity contribution < 1.29 is 20.1 Å². The summed E-state index contributed by atoms with van der Waals surface area (Å²) in [7, 11) is 0. The zero-order valence-corrected chi connectivity index (χ0v) is 30.2. The molecule has 3 heteroatoms. The summed E-state index contributed by atoms with van der Waals surface area (Å²) in [4.78, 5) is 9.05. The van der Waals surface area contributed by atoms with Gasteiger partial charge in [-0.05, 0) is 76.7 Å². The van der Waals surface area contributed by atoms with Gasteiger partial charge >= 0.3 is 0 Å². The van der Waals surface area contributed by atoms with Gasteiger partial charge in [-0.25, -0.2) is 0 Å². The van der Waals surface area contributed by atoms with Crippen LogP contribution in [-0.2, 0) is 36.4 Å². The molecule has 0 spiro atoms. The predicted octanol–water partition coefficient (Wildman–Crippen LogP) is 10.6. The molecule has 1 radical (unpaired) electrons. The summed E-state index contributed by atoms with van der Waals surface area (Å²) in [5, 5.41) is 0. The van der Waals surface area contributed by atoms with Crippen molar-refractivity contribution >= 4 is 0 Å².